The second kappa shape index (κ2) is 7.88. The van der Waals surface area contributed by atoms with Crippen molar-refractivity contribution in [2.45, 2.75) is 20.4 Å². The van der Waals surface area contributed by atoms with E-state index in [1.165, 1.54) is 6.07 Å². The fraction of sp³-hybridized carbons (Fsp3) is 0.533. The molecule has 0 aromatic heterocycles. The number of ether oxygens (including phenoxy) is 1. The van der Waals surface area contributed by atoms with Crippen LogP contribution < -0.4 is 0 Å². The highest BCUT2D eigenvalue weighted by Gasteiger charge is 2.13. The molecule has 0 spiro atoms. The number of nitriles is 1. The van der Waals surface area contributed by atoms with Crippen molar-refractivity contribution >= 4 is 0 Å². The minimum absolute atomic E-state index is 0.105. The monoisotopic (exact) mass is 264 g/mol. The maximum absolute atomic E-state index is 14.0. The van der Waals surface area contributed by atoms with Crippen molar-refractivity contribution in [1.29, 1.82) is 5.26 Å². The van der Waals surface area contributed by atoms with Crippen LogP contribution in [-0.2, 0) is 11.3 Å². The Morgan fingerprint density at radius 2 is 2.16 bits per heavy atom. The smallest absolute Gasteiger partial charge is 0.145 e. The molecule has 1 aromatic carbocycles. The van der Waals surface area contributed by atoms with E-state index in [1.807, 2.05) is 6.07 Å². The Balaban J connectivity index is 2.80. The topological polar surface area (TPSA) is 36.3 Å². The lowest BCUT2D eigenvalue weighted by molar-refractivity contribution is 0.135. The van der Waals surface area contributed by atoms with Crippen molar-refractivity contribution in [2.24, 2.45) is 5.92 Å². The van der Waals surface area contributed by atoms with Gasteiger partial charge in [-0.2, -0.15) is 5.26 Å². The third-order valence-corrected chi connectivity index (χ3v) is 2.83. The van der Waals surface area contributed by atoms with Crippen LogP contribution in [0.25, 0.3) is 0 Å². The molecule has 0 bridgehead atoms. The Labute approximate surface area is 114 Å². The molecule has 4 heteroatoms. The molecule has 0 saturated carbocycles. The van der Waals surface area contributed by atoms with Crippen molar-refractivity contribution in [3.63, 3.8) is 0 Å². The van der Waals surface area contributed by atoms with Gasteiger partial charge < -0.3 is 4.74 Å². The molecule has 1 rings (SSSR count). The van der Waals surface area contributed by atoms with Crippen LogP contribution in [0.1, 0.15) is 25.0 Å². The molecule has 0 radical (unpaired) electrons. The second-order valence-corrected chi connectivity index (χ2v) is 5.01. The highest BCUT2D eigenvalue weighted by Crippen LogP contribution is 2.15. The van der Waals surface area contributed by atoms with E-state index in [2.05, 4.69) is 18.7 Å². The van der Waals surface area contributed by atoms with Gasteiger partial charge in [0.2, 0.25) is 0 Å². The van der Waals surface area contributed by atoms with Crippen molar-refractivity contribution in [3.8, 4) is 6.07 Å². The summed E-state index contributed by atoms with van der Waals surface area (Å²) >= 11 is 0. The summed E-state index contributed by atoms with van der Waals surface area (Å²) in [6.45, 7) is 7.00. The fourth-order valence-corrected chi connectivity index (χ4v) is 2.00. The Bertz CT molecular complexity index is 440. The van der Waals surface area contributed by atoms with Crippen molar-refractivity contribution in [3.05, 3.63) is 35.1 Å². The molecule has 0 aliphatic carbocycles. The highest BCUT2D eigenvalue weighted by molar-refractivity contribution is 5.34. The Morgan fingerprint density at radius 1 is 1.42 bits per heavy atom. The zero-order valence-corrected chi connectivity index (χ0v) is 11.8. The summed E-state index contributed by atoms with van der Waals surface area (Å²) in [6, 6.07) is 6.83. The van der Waals surface area contributed by atoms with Gasteiger partial charge in [-0.15, -0.1) is 0 Å². The number of halogens is 1. The molecule has 0 amide bonds. The molecule has 0 fully saturated rings. The number of rotatable bonds is 7. The summed E-state index contributed by atoms with van der Waals surface area (Å²) in [7, 11) is 1.66. The van der Waals surface area contributed by atoms with Crippen LogP contribution in [0.4, 0.5) is 4.39 Å². The number of hydrogen-bond acceptors (Lipinski definition) is 3. The predicted molar refractivity (Wildman–Crippen MR) is 73.1 cm³/mol. The normalized spacial score (nSPS) is 11.0. The fourth-order valence-electron chi connectivity index (χ4n) is 2.00. The Morgan fingerprint density at radius 3 is 2.74 bits per heavy atom. The first-order valence-electron chi connectivity index (χ1n) is 6.47. The van der Waals surface area contributed by atoms with Gasteiger partial charge >= 0.3 is 0 Å². The van der Waals surface area contributed by atoms with Crippen molar-refractivity contribution in [1.82, 2.24) is 4.90 Å². The maximum atomic E-state index is 14.0. The third-order valence-electron chi connectivity index (χ3n) is 2.83. The van der Waals surface area contributed by atoms with Gasteiger partial charge in [0, 0.05) is 32.3 Å². The molecule has 0 aliphatic heterocycles. The van der Waals surface area contributed by atoms with Crippen LogP contribution in [0.2, 0.25) is 0 Å². The largest absolute Gasteiger partial charge is 0.383 e. The van der Waals surface area contributed by atoms with Crippen LogP contribution in [-0.4, -0.2) is 31.7 Å². The zero-order chi connectivity index (χ0) is 14.3. The summed E-state index contributed by atoms with van der Waals surface area (Å²) in [5.74, 6) is 0.0928. The third kappa shape index (κ3) is 4.98. The molecular formula is C15H21FN2O. The average molecular weight is 264 g/mol. The average Bonchev–Trinajstić information content (AvgIpc) is 2.37. The van der Waals surface area contributed by atoms with Crippen LogP contribution in [0.3, 0.4) is 0 Å². The van der Waals surface area contributed by atoms with Crippen LogP contribution >= 0.6 is 0 Å². The molecule has 3 nitrogen and oxygen atoms in total. The van der Waals surface area contributed by atoms with Crippen LogP contribution in [0.15, 0.2) is 18.2 Å². The summed E-state index contributed by atoms with van der Waals surface area (Å²) in [5, 5.41) is 8.84. The second-order valence-electron chi connectivity index (χ2n) is 5.01. The first-order valence-corrected chi connectivity index (χ1v) is 6.47. The van der Waals surface area contributed by atoms with E-state index in [0.29, 0.717) is 24.6 Å². The summed E-state index contributed by atoms with van der Waals surface area (Å²) in [6.07, 6.45) is 0. The molecule has 1 aromatic rings. The van der Waals surface area contributed by atoms with E-state index in [4.69, 9.17) is 10.00 Å². The lowest BCUT2D eigenvalue weighted by Crippen LogP contribution is -2.31. The molecule has 104 valence electrons. The first-order chi connectivity index (χ1) is 9.08. The zero-order valence-electron chi connectivity index (χ0n) is 11.8. The van der Waals surface area contributed by atoms with E-state index >= 15 is 0 Å². The molecule has 0 heterocycles. The van der Waals surface area contributed by atoms with E-state index in [0.717, 1.165) is 13.1 Å². The summed E-state index contributed by atoms with van der Waals surface area (Å²) < 4.78 is 19.1. The van der Waals surface area contributed by atoms with Crippen molar-refractivity contribution in [2.75, 3.05) is 26.8 Å². The van der Waals surface area contributed by atoms with E-state index in [9.17, 15) is 4.39 Å². The quantitative estimate of drug-likeness (QED) is 0.759. The SMILES string of the molecule is COCCN(Cc1cccc(C#N)c1F)CC(C)C. The molecule has 0 saturated heterocycles. The lowest BCUT2D eigenvalue weighted by Gasteiger charge is -2.24. The number of benzene rings is 1. The Hall–Kier alpha value is -1.44. The number of methoxy groups -OCH3 is 1. The standard InChI is InChI=1S/C15H21FN2O/c1-12(2)10-18(7-8-19-3)11-14-6-4-5-13(9-17)15(14)16/h4-6,12H,7-8,10-11H2,1-3H3. The minimum atomic E-state index is -0.406. The molecular weight excluding hydrogens is 243 g/mol. The Kier molecular flexibility index (Phi) is 6.48. The summed E-state index contributed by atoms with van der Waals surface area (Å²) in [4.78, 5) is 2.15. The van der Waals surface area contributed by atoms with Crippen LogP contribution in [0, 0.1) is 23.1 Å². The molecule has 0 N–H and O–H groups in total. The first kappa shape index (κ1) is 15.6. The van der Waals surface area contributed by atoms with E-state index in [1.54, 1.807) is 19.2 Å². The highest BCUT2D eigenvalue weighted by atomic mass is 19.1. The van der Waals surface area contributed by atoms with Gasteiger partial charge in [0.05, 0.1) is 12.2 Å². The van der Waals surface area contributed by atoms with Gasteiger partial charge in [-0.25, -0.2) is 4.39 Å². The molecule has 0 atom stereocenters. The maximum Gasteiger partial charge on any atom is 0.145 e. The molecule has 0 aliphatic rings. The van der Waals surface area contributed by atoms with Gasteiger partial charge in [-0.1, -0.05) is 26.0 Å². The minimum Gasteiger partial charge on any atom is -0.383 e. The predicted octanol–water partition coefficient (Wildman–Crippen LogP) is 2.80. The molecule has 0 unspecified atom stereocenters. The van der Waals surface area contributed by atoms with Gasteiger partial charge in [0.25, 0.3) is 0 Å². The molecule has 19 heavy (non-hydrogen) atoms. The van der Waals surface area contributed by atoms with Crippen molar-refractivity contribution < 1.29 is 9.13 Å². The van der Waals surface area contributed by atoms with Crippen LogP contribution in [0.5, 0.6) is 0 Å². The van der Waals surface area contributed by atoms with Gasteiger partial charge in [0.15, 0.2) is 0 Å². The lowest BCUT2D eigenvalue weighted by atomic mass is 10.1. The van der Waals surface area contributed by atoms with E-state index in [-0.39, 0.29) is 5.56 Å². The number of hydrogen-bond donors (Lipinski definition) is 0. The summed E-state index contributed by atoms with van der Waals surface area (Å²) in [5.41, 5.74) is 0.671. The van der Waals surface area contributed by atoms with E-state index < -0.39 is 5.82 Å². The van der Waals surface area contributed by atoms with Gasteiger partial charge in [-0.3, -0.25) is 4.90 Å². The van der Waals surface area contributed by atoms with Gasteiger partial charge in [0.1, 0.15) is 11.9 Å². The van der Waals surface area contributed by atoms with Gasteiger partial charge in [-0.05, 0) is 12.0 Å². The number of nitrogens with zero attached hydrogens (tertiary/aromatic N) is 2.